The van der Waals surface area contributed by atoms with Crippen molar-refractivity contribution in [2.24, 2.45) is 11.8 Å². The molecule has 4 atom stereocenters. The molecule has 1 saturated heterocycles. The third-order valence-electron chi connectivity index (χ3n) is 5.20. The molecule has 0 aromatic rings. The van der Waals surface area contributed by atoms with Gasteiger partial charge in [-0.25, -0.2) is 0 Å². The average molecular weight is 252 g/mol. The first-order valence-electron chi connectivity index (χ1n) is 7.87. The number of likely N-dealkylation sites (tertiary alicyclic amines) is 1. The Kier molecular flexibility index (Phi) is 3.92. The fourth-order valence-corrected chi connectivity index (χ4v) is 3.80. The van der Waals surface area contributed by atoms with Crippen molar-refractivity contribution >= 4 is 0 Å². The summed E-state index contributed by atoms with van der Waals surface area (Å²) in [5.41, 5.74) is 0. The van der Waals surface area contributed by atoms with Gasteiger partial charge in [0.15, 0.2) is 0 Å². The van der Waals surface area contributed by atoms with Crippen LogP contribution in [0, 0.1) is 11.8 Å². The van der Waals surface area contributed by atoms with Crippen molar-refractivity contribution in [3.05, 3.63) is 0 Å². The Bertz CT molecular complexity index is 280. The summed E-state index contributed by atoms with van der Waals surface area (Å²) in [7, 11) is 0. The van der Waals surface area contributed by atoms with E-state index in [1.807, 2.05) is 0 Å². The van der Waals surface area contributed by atoms with Crippen LogP contribution in [0.1, 0.15) is 45.4 Å². The molecule has 0 bridgehead atoms. The van der Waals surface area contributed by atoms with Crippen LogP contribution in [-0.4, -0.2) is 47.8 Å². The lowest BCUT2D eigenvalue weighted by Crippen LogP contribution is -2.57. The predicted octanol–water partition coefficient (Wildman–Crippen LogP) is 1.61. The molecule has 0 amide bonds. The Hall–Kier alpha value is -0.120. The predicted molar refractivity (Wildman–Crippen MR) is 73.5 cm³/mol. The summed E-state index contributed by atoms with van der Waals surface area (Å²) in [6.45, 7) is 5.22. The largest absolute Gasteiger partial charge is 0.396 e. The van der Waals surface area contributed by atoms with Crippen LogP contribution < -0.4 is 5.32 Å². The Morgan fingerprint density at radius 1 is 1.11 bits per heavy atom. The van der Waals surface area contributed by atoms with E-state index in [1.54, 1.807) is 0 Å². The van der Waals surface area contributed by atoms with Crippen molar-refractivity contribution in [3.8, 4) is 0 Å². The second-order valence-corrected chi connectivity index (χ2v) is 6.83. The van der Waals surface area contributed by atoms with Gasteiger partial charge in [-0.05, 0) is 50.4 Å². The van der Waals surface area contributed by atoms with Crippen LogP contribution in [0.3, 0.4) is 0 Å². The van der Waals surface area contributed by atoms with Gasteiger partial charge in [-0.3, -0.25) is 4.90 Å². The average Bonchev–Trinajstić information content (AvgIpc) is 3.11. The van der Waals surface area contributed by atoms with Crippen LogP contribution in [0.2, 0.25) is 0 Å². The Morgan fingerprint density at radius 3 is 2.50 bits per heavy atom. The molecule has 2 aliphatic carbocycles. The summed E-state index contributed by atoms with van der Waals surface area (Å²) in [6.07, 6.45) is 7.81. The van der Waals surface area contributed by atoms with Crippen molar-refractivity contribution in [1.29, 1.82) is 0 Å². The normalized spacial score (nSPS) is 41.7. The minimum Gasteiger partial charge on any atom is -0.396 e. The zero-order valence-electron chi connectivity index (χ0n) is 11.6. The van der Waals surface area contributed by atoms with Gasteiger partial charge < -0.3 is 10.4 Å². The van der Waals surface area contributed by atoms with E-state index < -0.39 is 0 Å². The monoisotopic (exact) mass is 252 g/mol. The SMILES string of the molecule is CC1CCC1N1CC(CCO)CC(NC2CC2)C1. The van der Waals surface area contributed by atoms with Crippen molar-refractivity contribution in [1.82, 2.24) is 10.2 Å². The van der Waals surface area contributed by atoms with Gasteiger partial charge in [-0.2, -0.15) is 0 Å². The van der Waals surface area contributed by atoms with Gasteiger partial charge >= 0.3 is 0 Å². The first kappa shape index (κ1) is 12.9. The molecular weight excluding hydrogens is 224 g/mol. The molecule has 0 spiro atoms. The molecule has 18 heavy (non-hydrogen) atoms. The van der Waals surface area contributed by atoms with Gasteiger partial charge in [-0.15, -0.1) is 0 Å². The number of hydrogen-bond donors (Lipinski definition) is 2. The molecule has 0 aromatic carbocycles. The van der Waals surface area contributed by atoms with Gasteiger partial charge in [0, 0.05) is 37.8 Å². The highest BCUT2D eigenvalue weighted by molar-refractivity contribution is 4.95. The van der Waals surface area contributed by atoms with E-state index in [2.05, 4.69) is 17.1 Å². The summed E-state index contributed by atoms with van der Waals surface area (Å²) in [6, 6.07) is 2.31. The maximum Gasteiger partial charge on any atom is 0.0434 e. The summed E-state index contributed by atoms with van der Waals surface area (Å²) in [5, 5.41) is 13.0. The number of piperidine rings is 1. The molecule has 104 valence electrons. The lowest BCUT2D eigenvalue weighted by Gasteiger charge is -2.48. The number of nitrogens with zero attached hydrogens (tertiary/aromatic N) is 1. The second kappa shape index (κ2) is 5.48. The van der Waals surface area contributed by atoms with Gasteiger partial charge in [0.2, 0.25) is 0 Å². The molecule has 3 aliphatic rings. The maximum atomic E-state index is 9.21. The zero-order chi connectivity index (χ0) is 12.5. The zero-order valence-corrected chi connectivity index (χ0v) is 11.6. The summed E-state index contributed by atoms with van der Waals surface area (Å²) >= 11 is 0. The van der Waals surface area contributed by atoms with Crippen molar-refractivity contribution in [3.63, 3.8) is 0 Å². The first-order chi connectivity index (χ1) is 8.76. The van der Waals surface area contributed by atoms with Crippen LogP contribution in [0.4, 0.5) is 0 Å². The number of rotatable bonds is 5. The lowest BCUT2D eigenvalue weighted by atomic mass is 9.78. The fourth-order valence-electron chi connectivity index (χ4n) is 3.80. The highest BCUT2D eigenvalue weighted by atomic mass is 16.3. The Morgan fingerprint density at radius 2 is 1.94 bits per heavy atom. The van der Waals surface area contributed by atoms with Gasteiger partial charge in [-0.1, -0.05) is 6.92 Å². The smallest absolute Gasteiger partial charge is 0.0434 e. The molecule has 0 radical (unpaired) electrons. The molecule has 1 aliphatic heterocycles. The summed E-state index contributed by atoms with van der Waals surface area (Å²) < 4.78 is 0. The second-order valence-electron chi connectivity index (χ2n) is 6.83. The van der Waals surface area contributed by atoms with Gasteiger partial charge in [0.05, 0.1) is 0 Å². The fraction of sp³-hybridized carbons (Fsp3) is 1.00. The molecule has 3 nitrogen and oxygen atoms in total. The quantitative estimate of drug-likeness (QED) is 0.780. The number of aliphatic hydroxyl groups is 1. The van der Waals surface area contributed by atoms with E-state index in [4.69, 9.17) is 0 Å². The molecule has 3 rings (SSSR count). The molecule has 2 N–H and O–H groups in total. The van der Waals surface area contributed by atoms with Crippen LogP contribution >= 0.6 is 0 Å². The molecule has 3 fully saturated rings. The third-order valence-corrected chi connectivity index (χ3v) is 5.20. The van der Waals surface area contributed by atoms with Crippen molar-refractivity contribution in [2.75, 3.05) is 19.7 Å². The van der Waals surface area contributed by atoms with E-state index in [1.165, 1.54) is 45.2 Å². The highest BCUT2D eigenvalue weighted by Gasteiger charge is 2.38. The molecule has 0 aromatic heterocycles. The molecule has 3 heteroatoms. The summed E-state index contributed by atoms with van der Waals surface area (Å²) in [4.78, 5) is 2.72. The first-order valence-corrected chi connectivity index (χ1v) is 7.87. The molecule has 4 unspecified atom stereocenters. The Labute approximate surface area is 111 Å². The van der Waals surface area contributed by atoms with E-state index in [9.17, 15) is 5.11 Å². The van der Waals surface area contributed by atoms with Gasteiger partial charge in [0.1, 0.15) is 0 Å². The molecular formula is C15H28N2O. The highest BCUT2D eigenvalue weighted by Crippen LogP contribution is 2.35. The minimum absolute atomic E-state index is 0.356. The number of aliphatic hydroxyl groups excluding tert-OH is 1. The molecule has 2 saturated carbocycles. The molecule has 1 heterocycles. The third kappa shape index (κ3) is 2.89. The minimum atomic E-state index is 0.356. The van der Waals surface area contributed by atoms with E-state index >= 15 is 0 Å². The maximum absolute atomic E-state index is 9.21. The topological polar surface area (TPSA) is 35.5 Å². The van der Waals surface area contributed by atoms with Crippen LogP contribution in [0.5, 0.6) is 0 Å². The van der Waals surface area contributed by atoms with Crippen LogP contribution in [0.25, 0.3) is 0 Å². The van der Waals surface area contributed by atoms with Gasteiger partial charge in [0.25, 0.3) is 0 Å². The van der Waals surface area contributed by atoms with Crippen LogP contribution in [-0.2, 0) is 0 Å². The number of nitrogens with one attached hydrogen (secondary N) is 1. The van der Waals surface area contributed by atoms with E-state index in [0.29, 0.717) is 18.6 Å². The van der Waals surface area contributed by atoms with E-state index in [-0.39, 0.29) is 0 Å². The van der Waals surface area contributed by atoms with E-state index in [0.717, 1.165) is 24.4 Å². The Balaban J connectivity index is 1.58. The lowest BCUT2D eigenvalue weighted by molar-refractivity contribution is 0.0176. The standard InChI is InChI=1S/C15H28N2O/c1-11-2-5-15(11)17-9-12(6-7-18)8-14(10-17)16-13-3-4-13/h11-16,18H,2-10H2,1H3. The summed E-state index contributed by atoms with van der Waals surface area (Å²) in [5.74, 6) is 1.59. The van der Waals surface area contributed by atoms with Crippen LogP contribution in [0.15, 0.2) is 0 Å². The number of hydrogen-bond acceptors (Lipinski definition) is 3. The van der Waals surface area contributed by atoms with Crippen molar-refractivity contribution < 1.29 is 5.11 Å². The van der Waals surface area contributed by atoms with Crippen molar-refractivity contribution in [2.45, 2.75) is 63.6 Å².